The summed E-state index contributed by atoms with van der Waals surface area (Å²) in [4.78, 5) is 28.0. The molecule has 3 aromatic rings. The summed E-state index contributed by atoms with van der Waals surface area (Å²) in [5.41, 5.74) is 0.922. The molecule has 10 heteroatoms. The van der Waals surface area contributed by atoms with Crippen LogP contribution in [0.15, 0.2) is 83.8 Å². The molecule has 0 spiro atoms. The Kier molecular flexibility index (Phi) is 9.54. The number of nitrogens with one attached hydrogen (secondary N) is 1. The van der Waals surface area contributed by atoms with Crippen molar-refractivity contribution in [3.05, 3.63) is 89.4 Å². The van der Waals surface area contributed by atoms with Crippen molar-refractivity contribution >= 4 is 39.1 Å². The average molecular weight is 544 g/mol. The van der Waals surface area contributed by atoms with Gasteiger partial charge in [-0.25, -0.2) is 8.42 Å². The summed E-state index contributed by atoms with van der Waals surface area (Å²) < 4.78 is 33.6. The zero-order valence-electron chi connectivity index (χ0n) is 20.9. The van der Waals surface area contributed by atoms with Gasteiger partial charge in [-0.2, -0.15) is 0 Å². The van der Waals surface area contributed by atoms with Crippen molar-refractivity contribution in [1.82, 2.24) is 10.2 Å². The highest BCUT2D eigenvalue weighted by Gasteiger charge is 2.34. The van der Waals surface area contributed by atoms with Gasteiger partial charge in [-0.05, 0) is 48.4 Å². The van der Waals surface area contributed by atoms with Crippen molar-refractivity contribution in [3.63, 3.8) is 0 Å². The fraction of sp³-hybridized carbons (Fsp3) is 0.259. The van der Waals surface area contributed by atoms with Gasteiger partial charge in [0.2, 0.25) is 11.8 Å². The number of likely N-dealkylation sites (N-methyl/N-ethyl adjacent to an activating group) is 1. The van der Waals surface area contributed by atoms with Crippen molar-refractivity contribution in [2.75, 3.05) is 25.0 Å². The van der Waals surface area contributed by atoms with Gasteiger partial charge in [0.1, 0.15) is 18.3 Å². The van der Waals surface area contributed by atoms with Gasteiger partial charge in [0.25, 0.3) is 10.0 Å². The lowest BCUT2D eigenvalue weighted by Gasteiger charge is -2.33. The first-order chi connectivity index (χ1) is 17.7. The summed E-state index contributed by atoms with van der Waals surface area (Å²) in [5, 5.41) is 2.78. The second-order valence-corrected chi connectivity index (χ2v) is 10.5. The predicted molar refractivity (Wildman–Crippen MR) is 144 cm³/mol. The quantitative estimate of drug-likeness (QED) is 0.393. The Morgan fingerprint density at radius 3 is 2.16 bits per heavy atom. The molecule has 0 unspecified atom stereocenters. The number of amides is 2. The number of methoxy groups -OCH3 is 1. The van der Waals surface area contributed by atoms with Crippen molar-refractivity contribution < 1.29 is 22.7 Å². The van der Waals surface area contributed by atoms with E-state index in [1.165, 1.54) is 24.1 Å². The van der Waals surface area contributed by atoms with Crippen LogP contribution in [0.2, 0.25) is 5.02 Å². The number of nitrogens with zero attached hydrogens (tertiary/aromatic N) is 2. The number of sulfonamides is 1. The van der Waals surface area contributed by atoms with Crippen LogP contribution in [0, 0.1) is 0 Å². The molecule has 3 aromatic carbocycles. The van der Waals surface area contributed by atoms with Crippen LogP contribution < -0.4 is 14.4 Å². The van der Waals surface area contributed by atoms with E-state index in [1.54, 1.807) is 80.8 Å². The standard InChI is InChI=1S/C27H30ClN3O5S/c1-4-24(27(33)29-2)30(18-20-14-16-21(36-3)17-15-20)26(32)19-31(25-13-9-8-12-23(25)28)37(34,35)22-10-6-5-7-11-22/h5-17,24H,4,18-19H2,1-3H3,(H,29,33)/t24-/m1/s1. The molecule has 0 aliphatic heterocycles. The van der Waals surface area contributed by atoms with Crippen LogP contribution in [0.5, 0.6) is 5.75 Å². The Morgan fingerprint density at radius 1 is 0.973 bits per heavy atom. The molecule has 1 atom stereocenters. The van der Waals surface area contributed by atoms with Gasteiger partial charge in [0.05, 0.1) is 22.7 Å². The minimum atomic E-state index is -4.16. The van der Waals surface area contributed by atoms with Gasteiger partial charge in [0.15, 0.2) is 0 Å². The molecule has 2 amide bonds. The van der Waals surface area contributed by atoms with Crippen LogP contribution in [-0.4, -0.2) is 51.9 Å². The minimum absolute atomic E-state index is 0.0165. The second-order valence-electron chi connectivity index (χ2n) is 8.18. The van der Waals surface area contributed by atoms with Gasteiger partial charge in [-0.15, -0.1) is 0 Å². The van der Waals surface area contributed by atoms with E-state index >= 15 is 0 Å². The molecule has 196 valence electrons. The highest BCUT2D eigenvalue weighted by Crippen LogP contribution is 2.30. The molecule has 0 aliphatic carbocycles. The van der Waals surface area contributed by atoms with Gasteiger partial charge in [-0.1, -0.05) is 61.0 Å². The Hall–Kier alpha value is -3.56. The third-order valence-electron chi connectivity index (χ3n) is 5.88. The Labute approximate surface area is 222 Å². The number of rotatable bonds is 11. The Bertz CT molecular complexity index is 1320. The summed E-state index contributed by atoms with van der Waals surface area (Å²) in [6.45, 7) is 1.34. The second kappa shape index (κ2) is 12.6. The first-order valence-corrected chi connectivity index (χ1v) is 13.5. The van der Waals surface area contributed by atoms with E-state index in [1.807, 2.05) is 0 Å². The summed E-state index contributed by atoms with van der Waals surface area (Å²) in [6, 6.07) is 20.5. The van der Waals surface area contributed by atoms with Crippen molar-refractivity contribution in [2.45, 2.75) is 30.8 Å². The lowest BCUT2D eigenvalue weighted by molar-refractivity contribution is -0.140. The third kappa shape index (κ3) is 6.61. The van der Waals surface area contributed by atoms with E-state index in [-0.39, 0.29) is 28.1 Å². The molecular formula is C27H30ClN3O5S. The number of benzene rings is 3. The largest absolute Gasteiger partial charge is 0.497 e. The van der Waals surface area contributed by atoms with Crippen LogP contribution in [0.3, 0.4) is 0 Å². The third-order valence-corrected chi connectivity index (χ3v) is 7.97. The van der Waals surface area contributed by atoms with Crippen molar-refractivity contribution in [2.24, 2.45) is 0 Å². The van der Waals surface area contributed by atoms with Crippen LogP contribution in [0.1, 0.15) is 18.9 Å². The average Bonchev–Trinajstić information content (AvgIpc) is 2.92. The molecule has 0 aliphatic rings. The molecule has 0 aromatic heterocycles. The maximum Gasteiger partial charge on any atom is 0.264 e. The molecule has 0 saturated carbocycles. The zero-order chi connectivity index (χ0) is 27.0. The van der Waals surface area contributed by atoms with Crippen LogP contribution >= 0.6 is 11.6 Å². The number of ether oxygens (including phenoxy) is 1. The molecule has 37 heavy (non-hydrogen) atoms. The number of hydrogen-bond acceptors (Lipinski definition) is 5. The molecule has 0 bridgehead atoms. The van der Waals surface area contributed by atoms with Crippen LogP contribution in [-0.2, 0) is 26.2 Å². The minimum Gasteiger partial charge on any atom is -0.497 e. The van der Waals surface area contributed by atoms with Gasteiger partial charge >= 0.3 is 0 Å². The lowest BCUT2D eigenvalue weighted by atomic mass is 10.1. The number of hydrogen-bond donors (Lipinski definition) is 1. The van der Waals surface area contributed by atoms with Crippen LogP contribution in [0.25, 0.3) is 0 Å². The number of carbonyl (C=O) groups excluding carboxylic acids is 2. The van der Waals surface area contributed by atoms with Crippen molar-refractivity contribution in [1.29, 1.82) is 0 Å². The number of carbonyl (C=O) groups is 2. The Morgan fingerprint density at radius 2 is 1.59 bits per heavy atom. The predicted octanol–water partition coefficient (Wildman–Crippen LogP) is 4.10. The van der Waals surface area contributed by atoms with E-state index in [4.69, 9.17) is 16.3 Å². The summed E-state index contributed by atoms with van der Waals surface area (Å²) in [5.74, 6) is -0.246. The molecule has 0 radical (unpaired) electrons. The number of anilines is 1. The topological polar surface area (TPSA) is 96.0 Å². The molecule has 3 rings (SSSR count). The summed E-state index contributed by atoms with van der Waals surface area (Å²) >= 11 is 6.39. The molecular weight excluding hydrogens is 514 g/mol. The lowest BCUT2D eigenvalue weighted by Crippen LogP contribution is -2.51. The smallest absolute Gasteiger partial charge is 0.264 e. The van der Waals surface area contributed by atoms with E-state index in [0.717, 1.165) is 9.87 Å². The van der Waals surface area contributed by atoms with Gasteiger partial charge in [0, 0.05) is 13.6 Å². The molecule has 0 heterocycles. The van der Waals surface area contributed by atoms with Gasteiger partial charge < -0.3 is 15.0 Å². The number of para-hydroxylation sites is 1. The molecule has 0 fully saturated rings. The highest BCUT2D eigenvalue weighted by molar-refractivity contribution is 7.92. The first kappa shape index (κ1) is 28.0. The maximum absolute atomic E-state index is 13.8. The fourth-order valence-electron chi connectivity index (χ4n) is 3.90. The Balaban J connectivity index is 2.05. The zero-order valence-corrected chi connectivity index (χ0v) is 22.5. The SMILES string of the molecule is CC[C@H](C(=O)NC)N(Cc1ccc(OC)cc1)C(=O)CN(c1ccccc1Cl)S(=O)(=O)c1ccccc1. The molecule has 1 N–H and O–H groups in total. The highest BCUT2D eigenvalue weighted by atomic mass is 35.5. The summed E-state index contributed by atoms with van der Waals surface area (Å²) in [6.07, 6.45) is 0.332. The first-order valence-electron chi connectivity index (χ1n) is 11.7. The van der Waals surface area contributed by atoms with E-state index < -0.39 is 28.5 Å². The van der Waals surface area contributed by atoms with E-state index in [2.05, 4.69) is 5.32 Å². The number of halogens is 1. The molecule has 8 nitrogen and oxygen atoms in total. The maximum atomic E-state index is 13.8. The fourth-order valence-corrected chi connectivity index (χ4v) is 5.64. The van der Waals surface area contributed by atoms with E-state index in [0.29, 0.717) is 12.2 Å². The van der Waals surface area contributed by atoms with Crippen molar-refractivity contribution in [3.8, 4) is 5.75 Å². The molecule has 0 saturated heterocycles. The van der Waals surface area contributed by atoms with E-state index in [9.17, 15) is 18.0 Å². The normalized spacial score (nSPS) is 11.9. The monoisotopic (exact) mass is 543 g/mol. The van der Waals surface area contributed by atoms with Gasteiger partial charge in [-0.3, -0.25) is 13.9 Å². The summed E-state index contributed by atoms with van der Waals surface area (Å²) in [7, 11) is -1.11. The van der Waals surface area contributed by atoms with Crippen LogP contribution in [0.4, 0.5) is 5.69 Å².